The minimum absolute atomic E-state index is 0.0143. The summed E-state index contributed by atoms with van der Waals surface area (Å²) >= 11 is 2.14. The molecule has 0 spiro atoms. The molecule has 0 bridgehead atoms. The first kappa shape index (κ1) is 25.3. The number of amides is 1. The van der Waals surface area contributed by atoms with Gasteiger partial charge in [-0.15, -0.1) is 11.8 Å². The van der Waals surface area contributed by atoms with Crippen molar-refractivity contribution in [3.8, 4) is 0 Å². The van der Waals surface area contributed by atoms with Crippen molar-refractivity contribution in [3.63, 3.8) is 0 Å². The first-order valence-corrected chi connectivity index (χ1v) is 16.3. The van der Waals surface area contributed by atoms with Crippen molar-refractivity contribution in [1.82, 2.24) is 19.4 Å². The van der Waals surface area contributed by atoms with Crippen LogP contribution in [0, 0.1) is 11.8 Å². The van der Waals surface area contributed by atoms with Crippen LogP contribution in [0.2, 0.25) is 0 Å². The van der Waals surface area contributed by atoms with Crippen molar-refractivity contribution in [2.45, 2.75) is 93.0 Å². The topological polar surface area (TPSA) is 73.0 Å². The van der Waals surface area contributed by atoms with Crippen molar-refractivity contribution in [2.24, 2.45) is 11.8 Å². The van der Waals surface area contributed by atoms with Gasteiger partial charge in [0, 0.05) is 63.0 Å². The molecule has 2 aliphatic carbocycles. The fourth-order valence-electron chi connectivity index (χ4n) is 6.77. The number of nitrogens with one attached hydrogen (secondary N) is 1. The average Bonchev–Trinajstić information content (AvgIpc) is 3.27. The zero-order valence-corrected chi connectivity index (χ0v) is 22.5. The number of piperazine rings is 1. The van der Waals surface area contributed by atoms with E-state index in [0.717, 1.165) is 63.7 Å². The number of fused-ring (bicyclic) bond motifs is 1. The van der Waals surface area contributed by atoms with E-state index in [0.29, 0.717) is 43.3 Å². The molecule has 34 heavy (non-hydrogen) atoms. The number of hydrogen-bond acceptors (Lipinski definition) is 6. The van der Waals surface area contributed by atoms with Gasteiger partial charge in [-0.2, -0.15) is 0 Å². The van der Waals surface area contributed by atoms with Crippen LogP contribution >= 0.6 is 11.8 Å². The molecule has 3 unspecified atom stereocenters. The molecule has 3 atom stereocenters. The van der Waals surface area contributed by atoms with E-state index in [-0.39, 0.29) is 17.1 Å². The molecule has 3 saturated heterocycles. The van der Waals surface area contributed by atoms with E-state index in [2.05, 4.69) is 28.9 Å². The largest absolute Gasteiger partial charge is 0.340 e. The van der Waals surface area contributed by atoms with E-state index < -0.39 is 10.0 Å². The summed E-state index contributed by atoms with van der Waals surface area (Å²) in [6.07, 6.45) is 10.4. The Labute approximate surface area is 210 Å². The quantitative estimate of drug-likeness (QED) is 0.611. The summed E-state index contributed by atoms with van der Waals surface area (Å²) in [5.74, 6) is 0.884. The third-order valence-corrected chi connectivity index (χ3v) is 13.0. The van der Waals surface area contributed by atoms with Gasteiger partial charge in [0.05, 0.1) is 10.6 Å². The molecular weight excluding hydrogens is 468 g/mol. The van der Waals surface area contributed by atoms with Crippen LogP contribution < -0.4 is 5.32 Å². The summed E-state index contributed by atoms with van der Waals surface area (Å²) in [5.41, 5.74) is 0. The number of piperidine rings is 1. The summed E-state index contributed by atoms with van der Waals surface area (Å²) < 4.78 is 27.9. The third-order valence-electron chi connectivity index (χ3n) is 9.10. The molecule has 3 aliphatic heterocycles. The van der Waals surface area contributed by atoms with Gasteiger partial charge in [-0.3, -0.25) is 9.69 Å². The molecule has 7 nitrogen and oxygen atoms in total. The van der Waals surface area contributed by atoms with Gasteiger partial charge in [0.2, 0.25) is 15.9 Å². The van der Waals surface area contributed by atoms with Gasteiger partial charge in [-0.1, -0.05) is 19.8 Å². The fourth-order valence-corrected chi connectivity index (χ4v) is 10.5. The summed E-state index contributed by atoms with van der Waals surface area (Å²) in [4.78, 5) is 17.8. The average molecular weight is 513 g/mol. The first-order chi connectivity index (χ1) is 16.4. The van der Waals surface area contributed by atoms with E-state index in [1.54, 1.807) is 4.31 Å². The van der Waals surface area contributed by atoms with Gasteiger partial charge in [0.15, 0.2) is 0 Å². The van der Waals surface area contributed by atoms with Crippen molar-refractivity contribution in [3.05, 3.63) is 0 Å². The third kappa shape index (κ3) is 5.63. The Bertz CT molecular complexity index is 787. The van der Waals surface area contributed by atoms with Crippen LogP contribution in [0.4, 0.5) is 0 Å². The minimum Gasteiger partial charge on any atom is -0.340 e. The molecule has 5 fully saturated rings. The molecule has 194 valence electrons. The monoisotopic (exact) mass is 512 g/mol. The molecule has 1 N–H and O–H groups in total. The van der Waals surface area contributed by atoms with Crippen LogP contribution in [0.25, 0.3) is 0 Å². The molecule has 3 heterocycles. The molecule has 5 aliphatic rings. The number of hydrogen-bond donors (Lipinski definition) is 1. The highest BCUT2D eigenvalue weighted by molar-refractivity contribution is 8.00. The zero-order valence-electron chi connectivity index (χ0n) is 20.9. The van der Waals surface area contributed by atoms with Gasteiger partial charge in [-0.05, 0) is 57.3 Å². The van der Waals surface area contributed by atoms with Crippen LogP contribution in [0.15, 0.2) is 0 Å². The fraction of sp³-hybridized carbons (Fsp3) is 0.960. The molecule has 0 aromatic heterocycles. The molecule has 0 aromatic rings. The Morgan fingerprint density at radius 1 is 0.882 bits per heavy atom. The predicted octanol–water partition coefficient (Wildman–Crippen LogP) is 2.72. The van der Waals surface area contributed by atoms with Crippen molar-refractivity contribution >= 4 is 27.7 Å². The number of rotatable bonds is 5. The first-order valence-electron chi connectivity index (χ1n) is 13.8. The Kier molecular flexibility index (Phi) is 8.15. The molecule has 5 rings (SSSR count). The predicted molar refractivity (Wildman–Crippen MR) is 138 cm³/mol. The number of thioether (sulfide) groups is 1. The standard InChI is InChI=1S/C25H44N4O3S2/c1-19-6-8-21(9-7-19)34(31,32)29-12-10-20(11-13-29)25(30)28-16-14-27(15-17-28)18-24-26-22-4-2-3-5-23(22)33-24/h19-24,26H,2-18H2,1H3. The van der Waals surface area contributed by atoms with Crippen molar-refractivity contribution in [1.29, 1.82) is 0 Å². The van der Waals surface area contributed by atoms with Gasteiger partial charge < -0.3 is 10.2 Å². The second-order valence-electron chi connectivity index (χ2n) is 11.4. The highest BCUT2D eigenvalue weighted by Gasteiger charge is 2.39. The second kappa shape index (κ2) is 11.0. The van der Waals surface area contributed by atoms with Gasteiger partial charge in [0.1, 0.15) is 0 Å². The second-order valence-corrected chi connectivity index (χ2v) is 15.1. The highest BCUT2D eigenvalue weighted by atomic mass is 32.2. The van der Waals surface area contributed by atoms with E-state index >= 15 is 0 Å². The number of carbonyl (C=O) groups excluding carboxylic acids is 1. The maximum Gasteiger partial charge on any atom is 0.225 e. The van der Waals surface area contributed by atoms with Crippen molar-refractivity contribution < 1.29 is 13.2 Å². The normalized spacial score (nSPS) is 37.0. The van der Waals surface area contributed by atoms with Gasteiger partial charge >= 0.3 is 0 Å². The van der Waals surface area contributed by atoms with Crippen LogP contribution in [0.1, 0.15) is 71.1 Å². The maximum absolute atomic E-state index is 13.2. The lowest BCUT2D eigenvalue weighted by molar-refractivity contribution is -0.138. The van der Waals surface area contributed by atoms with Crippen molar-refractivity contribution in [2.75, 3.05) is 45.8 Å². The van der Waals surface area contributed by atoms with E-state index in [4.69, 9.17) is 0 Å². The summed E-state index contributed by atoms with van der Waals surface area (Å²) in [6, 6.07) is 0.711. The smallest absolute Gasteiger partial charge is 0.225 e. The van der Waals surface area contributed by atoms with Crippen LogP contribution in [-0.4, -0.2) is 96.2 Å². The summed E-state index contributed by atoms with van der Waals surface area (Å²) in [6.45, 7) is 7.84. The Morgan fingerprint density at radius 3 is 2.24 bits per heavy atom. The summed E-state index contributed by atoms with van der Waals surface area (Å²) in [5, 5.41) is 4.99. The number of carbonyl (C=O) groups is 1. The van der Waals surface area contributed by atoms with Crippen LogP contribution in [0.5, 0.6) is 0 Å². The number of nitrogens with zero attached hydrogens (tertiary/aromatic N) is 3. The Morgan fingerprint density at radius 2 is 1.56 bits per heavy atom. The molecule has 9 heteroatoms. The van der Waals surface area contributed by atoms with E-state index in [9.17, 15) is 13.2 Å². The van der Waals surface area contributed by atoms with Crippen LogP contribution in [0.3, 0.4) is 0 Å². The Balaban J connectivity index is 1.04. The Hall–Kier alpha value is -0.350. The highest BCUT2D eigenvalue weighted by Crippen LogP contribution is 2.37. The van der Waals surface area contributed by atoms with E-state index in [1.165, 1.54) is 25.7 Å². The molecule has 0 aromatic carbocycles. The molecule has 1 amide bonds. The van der Waals surface area contributed by atoms with Gasteiger partial charge in [-0.25, -0.2) is 12.7 Å². The lowest BCUT2D eigenvalue weighted by Gasteiger charge is -2.39. The molecule has 0 radical (unpaired) electrons. The summed E-state index contributed by atoms with van der Waals surface area (Å²) in [7, 11) is -3.22. The minimum atomic E-state index is -3.22. The van der Waals surface area contributed by atoms with Gasteiger partial charge in [0.25, 0.3) is 0 Å². The zero-order chi connectivity index (χ0) is 23.7. The van der Waals surface area contributed by atoms with Crippen LogP contribution in [-0.2, 0) is 14.8 Å². The lowest BCUT2D eigenvalue weighted by Crippen LogP contribution is -2.54. The SMILES string of the molecule is CC1CCC(S(=O)(=O)N2CCC(C(=O)N3CCN(CC4NC5CCCCC5S4)CC3)CC2)CC1. The van der Waals surface area contributed by atoms with E-state index in [1.807, 2.05) is 4.90 Å². The maximum atomic E-state index is 13.2. The lowest BCUT2D eigenvalue weighted by atomic mass is 9.91. The molecule has 2 saturated carbocycles. The molecular formula is C25H44N4O3S2. The number of sulfonamides is 1.